The lowest BCUT2D eigenvalue weighted by molar-refractivity contribution is -0.119. The fraction of sp³-hybridized carbons (Fsp3) is 0.462. The molecular formula is C13H15FN4O2S. The number of nitrogens with one attached hydrogen (secondary N) is 1. The van der Waals surface area contributed by atoms with Crippen molar-refractivity contribution in [3.8, 4) is 6.07 Å². The van der Waals surface area contributed by atoms with Gasteiger partial charge in [-0.15, -0.1) is 11.3 Å². The zero-order valence-electron chi connectivity index (χ0n) is 11.2. The van der Waals surface area contributed by atoms with Gasteiger partial charge in [0.05, 0.1) is 12.1 Å². The number of nitriles is 1. The zero-order chi connectivity index (χ0) is 15.4. The molecule has 0 saturated carbocycles. The van der Waals surface area contributed by atoms with Gasteiger partial charge in [0.2, 0.25) is 5.91 Å². The van der Waals surface area contributed by atoms with E-state index < -0.39 is 12.1 Å². The van der Waals surface area contributed by atoms with Crippen LogP contribution in [-0.4, -0.2) is 48.6 Å². The molecule has 1 fully saturated rings. The van der Waals surface area contributed by atoms with Crippen LogP contribution < -0.4 is 11.1 Å². The molecule has 1 aromatic heterocycles. The molecule has 1 aliphatic heterocycles. The molecule has 2 amide bonds. The number of amides is 2. The number of carbonyl (C=O) groups excluding carboxylic acids is 2. The topological polar surface area (TPSA) is 99.2 Å². The van der Waals surface area contributed by atoms with Crippen LogP contribution in [0.4, 0.5) is 4.39 Å². The van der Waals surface area contributed by atoms with Gasteiger partial charge in [0, 0.05) is 19.1 Å². The van der Waals surface area contributed by atoms with Crippen molar-refractivity contribution in [3.63, 3.8) is 0 Å². The number of carbonyl (C=O) groups is 2. The average molecular weight is 310 g/mol. The lowest BCUT2D eigenvalue weighted by Gasteiger charge is -2.22. The maximum atomic E-state index is 13.4. The van der Waals surface area contributed by atoms with Gasteiger partial charge in [-0.3, -0.25) is 14.5 Å². The summed E-state index contributed by atoms with van der Waals surface area (Å²) in [6.45, 7) is 0.338. The first kappa shape index (κ1) is 15.4. The third-order valence-electron chi connectivity index (χ3n) is 3.33. The van der Waals surface area contributed by atoms with E-state index in [9.17, 15) is 14.0 Å². The molecule has 0 radical (unpaired) electrons. The van der Waals surface area contributed by atoms with Crippen molar-refractivity contribution in [1.82, 2.24) is 10.2 Å². The number of halogens is 1. The van der Waals surface area contributed by atoms with Gasteiger partial charge in [-0.1, -0.05) is 0 Å². The highest BCUT2D eigenvalue weighted by molar-refractivity contribution is 7.12. The Balaban J connectivity index is 1.94. The fourth-order valence-electron chi connectivity index (χ4n) is 2.39. The summed E-state index contributed by atoms with van der Waals surface area (Å²) < 4.78 is 13.4. The highest BCUT2D eigenvalue weighted by Crippen LogP contribution is 2.20. The molecule has 6 nitrogen and oxygen atoms in total. The zero-order valence-corrected chi connectivity index (χ0v) is 12.0. The molecule has 2 atom stereocenters. The molecule has 0 spiro atoms. The quantitative estimate of drug-likeness (QED) is 0.814. The normalized spacial score (nSPS) is 21.9. The van der Waals surface area contributed by atoms with Crippen LogP contribution in [0.15, 0.2) is 11.4 Å². The second kappa shape index (κ2) is 6.65. The molecular weight excluding hydrogens is 295 g/mol. The molecule has 112 valence electrons. The molecule has 2 heterocycles. The molecule has 1 aliphatic rings. The highest BCUT2D eigenvalue weighted by Gasteiger charge is 2.33. The Bertz CT molecular complexity index is 583. The summed E-state index contributed by atoms with van der Waals surface area (Å²) in [5.74, 6) is -0.881. The molecule has 1 saturated heterocycles. The number of nitrogens with two attached hydrogens (primary N) is 1. The monoisotopic (exact) mass is 310 g/mol. The summed E-state index contributed by atoms with van der Waals surface area (Å²) in [7, 11) is 0. The van der Waals surface area contributed by atoms with E-state index in [1.54, 1.807) is 16.3 Å². The largest absolute Gasteiger partial charge is 0.369 e. The summed E-state index contributed by atoms with van der Waals surface area (Å²) >= 11 is 1.18. The lowest BCUT2D eigenvalue weighted by atomic mass is 10.2. The summed E-state index contributed by atoms with van der Waals surface area (Å²) in [6.07, 6.45) is -0.772. The first-order valence-electron chi connectivity index (χ1n) is 6.43. The summed E-state index contributed by atoms with van der Waals surface area (Å²) in [4.78, 5) is 24.9. The van der Waals surface area contributed by atoms with Gasteiger partial charge in [-0.25, -0.2) is 4.39 Å². The number of rotatable bonds is 5. The second-order valence-corrected chi connectivity index (χ2v) is 5.78. The van der Waals surface area contributed by atoms with Gasteiger partial charge < -0.3 is 11.1 Å². The molecule has 3 N–H and O–H groups in total. The van der Waals surface area contributed by atoms with Crippen LogP contribution in [0.1, 0.15) is 21.7 Å². The first-order chi connectivity index (χ1) is 10.0. The molecule has 0 aromatic carbocycles. The Morgan fingerprint density at radius 1 is 1.62 bits per heavy atom. The van der Waals surface area contributed by atoms with Crippen molar-refractivity contribution in [1.29, 1.82) is 5.26 Å². The highest BCUT2D eigenvalue weighted by atomic mass is 32.1. The third kappa shape index (κ3) is 3.77. The van der Waals surface area contributed by atoms with Crippen LogP contribution in [0.2, 0.25) is 0 Å². The van der Waals surface area contributed by atoms with Gasteiger partial charge in [-0.05, 0) is 17.9 Å². The minimum Gasteiger partial charge on any atom is -0.369 e. The lowest BCUT2D eigenvalue weighted by Crippen LogP contribution is -2.43. The standard InChI is InChI=1S/C13H15FN4O2S/c14-9-3-10(18(6-9)7-11(16)19)5-17-13(20)12-8(4-15)1-2-21-12/h1-2,9-10H,3,5-7H2,(H2,16,19)(H,17,20)/t9-,10-/m0/s1. The molecule has 2 rings (SSSR count). The number of primary amides is 1. The van der Waals surface area contributed by atoms with E-state index in [1.807, 2.05) is 6.07 Å². The maximum absolute atomic E-state index is 13.4. The number of hydrogen-bond acceptors (Lipinski definition) is 5. The van der Waals surface area contributed by atoms with Crippen LogP contribution >= 0.6 is 11.3 Å². The smallest absolute Gasteiger partial charge is 0.262 e. The van der Waals surface area contributed by atoms with Crippen LogP contribution in [-0.2, 0) is 4.79 Å². The van der Waals surface area contributed by atoms with E-state index >= 15 is 0 Å². The van der Waals surface area contributed by atoms with Gasteiger partial charge in [-0.2, -0.15) is 5.26 Å². The van der Waals surface area contributed by atoms with Crippen LogP contribution in [0.25, 0.3) is 0 Å². The Morgan fingerprint density at radius 2 is 2.38 bits per heavy atom. The number of nitrogens with zero attached hydrogens (tertiary/aromatic N) is 2. The summed E-state index contributed by atoms with van der Waals surface area (Å²) in [5, 5.41) is 13.2. The number of thiophene rings is 1. The minimum absolute atomic E-state index is 0.0244. The number of likely N-dealkylation sites (tertiary alicyclic amines) is 1. The van der Waals surface area contributed by atoms with Crippen LogP contribution in [0.5, 0.6) is 0 Å². The van der Waals surface area contributed by atoms with E-state index in [4.69, 9.17) is 11.0 Å². The van der Waals surface area contributed by atoms with Gasteiger partial charge in [0.15, 0.2) is 0 Å². The minimum atomic E-state index is -1.03. The number of hydrogen-bond donors (Lipinski definition) is 2. The first-order valence-corrected chi connectivity index (χ1v) is 7.31. The second-order valence-electron chi connectivity index (χ2n) is 4.87. The number of alkyl halides is 1. The van der Waals surface area contributed by atoms with Gasteiger partial charge in [0.1, 0.15) is 17.1 Å². The Hall–Kier alpha value is -1.98. The third-order valence-corrected chi connectivity index (χ3v) is 4.24. The molecule has 0 aliphatic carbocycles. The van der Waals surface area contributed by atoms with Crippen molar-refractivity contribution in [2.45, 2.75) is 18.6 Å². The Labute approximate surface area is 125 Å². The SMILES string of the molecule is N#Cc1ccsc1C(=O)NC[C@@H]1C[C@H](F)CN1CC(N)=O. The summed E-state index contributed by atoms with van der Waals surface area (Å²) in [5.41, 5.74) is 5.45. The fourth-order valence-corrected chi connectivity index (χ4v) is 3.15. The molecule has 0 bridgehead atoms. The van der Waals surface area contributed by atoms with Crippen molar-refractivity contribution in [3.05, 3.63) is 21.9 Å². The summed E-state index contributed by atoms with van der Waals surface area (Å²) in [6, 6.07) is 3.26. The maximum Gasteiger partial charge on any atom is 0.262 e. The van der Waals surface area contributed by atoms with Crippen LogP contribution in [0.3, 0.4) is 0 Å². The predicted molar refractivity (Wildman–Crippen MR) is 75.4 cm³/mol. The van der Waals surface area contributed by atoms with Crippen LogP contribution in [0, 0.1) is 11.3 Å². The molecule has 8 heteroatoms. The predicted octanol–water partition coefficient (Wildman–Crippen LogP) is 0.247. The average Bonchev–Trinajstić information content (AvgIpc) is 3.02. The molecule has 1 aromatic rings. The molecule has 0 unspecified atom stereocenters. The molecule has 21 heavy (non-hydrogen) atoms. The van der Waals surface area contributed by atoms with E-state index in [1.165, 1.54) is 11.3 Å². The van der Waals surface area contributed by atoms with E-state index in [2.05, 4.69) is 5.32 Å². The van der Waals surface area contributed by atoms with Crippen molar-refractivity contribution < 1.29 is 14.0 Å². The van der Waals surface area contributed by atoms with Crippen molar-refractivity contribution in [2.24, 2.45) is 5.73 Å². The van der Waals surface area contributed by atoms with Crippen molar-refractivity contribution in [2.75, 3.05) is 19.6 Å². The Kier molecular flexibility index (Phi) is 4.88. The van der Waals surface area contributed by atoms with E-state index in [0.29, 0.717) is 10.4 Å². The van der Waals surface area contributed by atoms with Gasteiger partial charge >= 0.3 is 0 Å². The Morgan fingerprint density at radius 3 is 3.05 bits per heavy atom. The van der Waals surface area contributed by atoms with Crippen molar-refractivity contribution >= 4 is 23.2 Å². The van der Waals surface area contributed by atoms with E-state index in [-0.39, 0.29) is 38.0 Å². The van der Waals surface area contributed by atoms with Gasteiger partial charge in [0.25, 0.3) is 5.91 Å². The van der Waals surface area contributed by atoms with E-state index in [0.717, 1.165) is 0 Å².